The first-order chi connectivity index (χ1) is 15.9. The van der Waals surface area contributed by atoms with Gasteiger partial charge in [-0.15, -0.1) is 0 Å². The van der Waals surface area contributed by atoms with E-state index in [-0.39, 0.29) is 30.8 Å². The van der Waals surface area contributed by atoms with Crippen molar-refractivity contribution in [3.63, 3.8) is 0 Å². The molecule has 0 spiro atoms. The zero-order valence-electron chi connectivity index (χ0n) is 18.5. The van der Waals surface area contributed by atoms with Crippen molar-refractivity contribution in [3.8, 4) is 0 Å². The van der Waals surface area contributed by atoms with Gasteiger partial charge in [0.25, 0.3) is 0 Å². The van der Waals surface area contributed by atoms with E-state index in [0.29, 0.717) is 23.5 Å². The fourth-order valence-electron chi connectivity index (χ4n) is 3.21. The van der Waals surface area contributed by atoms with Crippen LogP contribution >= 0.6 is 0 Å². The smallest absolute Gasteiger partial charge is 0.404 e. The number of amides is 2. The molecular weight excluding hydrogens is 428 g/mol. The van der Waals surface area contributed by atoms with E-state index >= 15 is 0 Å². The number of aliphatic hydroxyl groups excluding tert-OH is 1. The number of benzene rings is 1. The lowest BCUT2D eigenvalue weighted by molar-refractivity contribution is -0.118. The number of hydrogen-bond acceptors (Lipinski definition) is 7. The first kappa shape index (κ1) is 24.1. The summed E-state index contributed by atoms with van der Waals surface area (Å²) in [6.07, 6.45) is 3.27. The summed E-state index contributed by atoms with van der Waals surface area (Å²) in [6, 6.07) is 9.38. The lowest BCUT2D eigenvalue weighted by Crippen LogP contribution is -2.19. The minimum absolute atomic E-state index is 0.00775. The third kappa shape index (κ3) is 6.46. The van der Waals surface area contributed by atoms with Crippen LogP contribution in [0.4, 0.5) is 10.6 Å². The molecule has 11 heteroatoms. The Morgan fingerprint density at radius 2 is 1.94 bits per heavy atom. The highest BCUT2D eigenvalue weighted by Gasteiger charge is 2.28. The van der Waals surface area contributed by atoms with Crippen molar-refractivity contribution in [2.75, 3.05) is 11.9 Å². The lowest BCUT2D eigenvalue weighted by Gasteiger charge is -2.14. The van der Waals surface area contributed by atoms with E-state index in [2.05, 4.69) is 25.6 Å². The summed E-state index contributed by atoms with van der Waals surface area (Å²) in [5.41, 5.74) is 2.11. The third-order valence-electron chi connectivity index (χ3n) is 5.01. The molecular formula is C22H28N6O5. The normalized spacial score (nSPS) is 17.5. The van der Waals surface area contributed by atoms with Gasteiger partial charge in [0, 0.05) is 12.5 Å². The summed E-state index contributed by atoms with van der Waals surface area (Å²) in [7, 11) is 0. The number of nitrogens with zero attached hydrogens (tertiary/aromatic N) is 4. The summed E-state index contributed by atoms with van der Waals surface area (Å²) in [4.78, 5) is 34.6. The van der Waals surface area contributed by atoms with Gasteiger partial charge in [0.05, 0.1) is 19.0 Å². The SMILES string of the molecule is CC(C)C(=O)Nc1ncnc2c1ncn2[C@H]1CC[C@@H](CO)O1.O=C(O)NCc1ccccc1. The van der Waals surface area contributed by atoms with Crippen molar-refractivity contribution in [2.45, 2.75) is 45.6 Å². The molecule has 1 saturated heterocycles. The van der Waals surface area contributed by atoms with Crippen LogP contribution in [0.1, 0.15) is 38.5 Å². The third-order valence-corrected chi connectivity index (χ3v) is 5.01. The number of carbonyl (C=O) groups excluding carboxylic acids is 1. The molecule has 4 N–H and O–H groups in total. The molecule has 176 valence electrons. The first-order valence-corrected chi connectivity index (χ1v) is 10.6. The summed E-state index contributed by atoms with van der Waals surface area (Å²) in [6.45, 7) is 4.01. The number of carboxylic acid groups (broad SMARTS) is 1. The molecule has 1 fully saturated rings. The topological polar surface area (TPSA) is 151 Å². The maximum atomic E-state index is 11.8. The predicted octanol–water partition coefficient (Wildman–Crippen LogP) is 2.54. The van der Waals surface area contributed by atoms with Crippen LogP contribution in [-0.2, 0) is 16.1 Å². The molecule has 1 aliphatic heterocycles. The Kier molecular flexibility index (Phi) is 8.28. The molecule has 0 radical (unpaired) electrons. The first-order valence-electron chi connectivity index (χ1n) is 10.6. The van der Waals surface area contributed by atoms with Crippen molar-refractivity contribution in [2.24, 2.45) is 5.92 Å². The number of aromatic nitrogens is 4. The summed E-state index contributed by atoms with van der Waals surface area (Å²) >= 11 is 0. The minimum Gasteiger partial charge on any atom is -0.465 e. The Balaban J connectivity index is 0.000000235. The highest BCUT2D eigenvalue weighted by Crippen LogP contribution is 2.31. The molecule has 0 bridgehead atoms. The van der Waals surface area contributed by atoms with Gasteiger partial charge in [0.2, 0.25) is 5.91 Å². The number of hydrogen-bond donors (Lipinski definition) is 4. The molecule has 4 rings (SSSR count). The van der Waals surface area contributed by atoms with Gasteiger partial charge in [-0.2, -0.15) is 0 Å². The second kappa shape index (κ2) is 11.3. The van der Waals surface area contributed by atoms with Gasteiger partial charge in [-0.25, -0.2) is 19.7 Å². The average Bonchev–Trinajstić information content (AvgIpc) is 3.46. The Labute approximate surface area is 190 Å². The molecule has 0 unspecified atom stereocenters. The molecule has 1 aromatic carbocycles. The van der Waals surface area contributed by atoms with E-state index in [1.54, 1.807) is 6.33 Å². The number of ether oxygens (including phenoxy) is 1. The Hall–Kier alpha value is -3.57. The minimum atomic E-state index is -0.992. The molecule has 3 aromatic rings. The van der Waals surface area contributed by atoms with Crippen LogP contribution in [0.5, 0.6) is 0 Å². The average molecular weight is 457 g/mol. The van der Waals surface area contributed by atoms with E-state index < -0.39 is 6.09 Å². The second-order valence-electron chi connectivity index (χ2n) is 7.81. The molecule has 2 amide bonds. The standard InChI is InChI=1S/C14H19N5O3.C8H9NO2/c1-8(2)14(21)18-12-11-13(16-6-15-12)19(7-17-11)10-4-3-9(5-20)22-10;10-8(11)9-6-7-4-2-1-3-5-7/h6-10,20H,3-5H2,1-2H3,(H,15,16,18,21);1-5,9H,6H2,(H,10,11)/t9-,10+;/m0./s1. The molecule has 2 aromatic heterocycles. The van der Waals surface area contributed by atoms with Crippen molar-refractivity contribution in [1.82, 2.24) is 24.8 Å². The number of fused-ring (bicyclic) bond motifs is 1. The second-order valence-corrected chi connectivity index (χ2v) is 7.81. The van der Waals surface area contributed by atoms with Gasteiger partial charge in [0.1, 0.15) is 12.6 Å². The number of nitrogens with one attached hydrogen (secondary N) is 2. The number of anilines is 1. The highest BCUT2D eigenvalue weighted by atomic mass is 16.5. The van der Waals surface area contributed by atoms with Gasteiger partial charge >= 0.3 is 6.09 Å². The number of rotatable bonds is 6. The summed E-state index contributed by atoms with van der Waals surface area (Å²) < 4.78 is 7.56. The quantitative estimate of drug-likeness (QED) is 0.442. The Morgan fingerprint density at radius 1 is 1.18 bits per heavy atom. The zero-order valence-corrected chi connectivity index (χ0v) is 18.5. The van der Waals surface area contributed by atoms with E-state index in [1.807, 2.05) is 48.7 Å². The fraction of sp³-hybridized carbons (Fsp3) is 0.409. The van der Waals surface area contributed by atoms with E-state index in [4.69, 9.17) is 14.9 Å². The number of aliphatic hydroxyl groups is 1. The predicted molar refractivity (Wildman–Crippen MR) is 120 cm³/mol. The Morgan fingerprint density at radius 3 is 2.58 bits per heavy atom. The van der Waals surface area contributed by atoms with Gasteiger partial charge in [-0.05, 0) is 18.4 Å². The van der Waals surface area contributed by atoms with Crippen LogP contribution in [-0.4, -0.2) is 54.4 Å². The van der Waals surface area contributed by atoms with Crippen LogP contribution in [0.3, 0.4) is 0 Å². The van der Waals surface area contributed by atoms with Crippen molar-refractivity contribution >= 4 is 29.0 Å². The largest absolute Gasteiger partial charge is 0.465 e. The molecule has 2 atom stereocenters. The maximum Gasteiger partial charge on any atom is 0.404 e. The van der Waals surface area contributed by atoms with E-state index in [0.717, 1.165) is 18.4 Å². The van der Waals surface area contributed by atoms with Crippen LogP contribution in [0.25, 0.3) is 11.2 Å². The van der Waals surface area contributed by atoms with Crippen LogP contribution in [0.2, 0.25) is 0 Å². The van der Waals surface area contributed by atoms with Crippen molar-refractivity contribution < 1.29 is 24.5 Å². The van der Waals surface area contributed by atoms with E-state index in [9.17, 15) is 9.59 Å². The molecule has 33 heavy (non-hydrogen) atoms. The van der Waals surface area contributed by atoms with Gasteiger partial charge in [-0.3, -0.25) is 9.36 Å². The molecule has 11 nitrogen and oxygen atoms in total. The zero-order chi connectivity index (χ0) is 23.8. The Bertz CT molecular complexity index is 1070. The number of imidazole rings is 1. The molecule has 0 aliphatic carbocycles. The van der Waals surface area contributed by atoms with Gasteiger partial charge in [-0.1, -0.05) is 44.2 Å². The monoisotopic (exact) mass is 456 g/mol. The highest BCUT2D eigenvalue weighted by molar-refractivity contribution is 5.97. The lowest BCUT2D eigenvalue weighted by atomic mass is 10.2. The molecule has 3 heterocycles. The maximum absolute atomic E-state index is 11.8. The van der Waals surface area contributed by atoms with Crippen molar-refractivity contribution in [1.29, 1.82) is 0 Å². The number of carbonyl (C=O) groups is 2. The van der Waals surface area contributed by atoms with Gasteiger partial charge < -0.3 is 25.6 Å². The van der Waals surface area contributed by atoms with Crippen LogP contribution < -0.4 is 10.6 Å². The van der Waals surface area contributed by atoms with Crippen LogP contribution in [0.15, 0.2) is 43.0 Å². The molecule has 0 saturated carbocycles. The van der Waals surface area contributed by atoms with E-state index in [1.165, 1.54) is 6.33 Å². The van der Waals surface area contributed by atoms with Crippen molar-refractivity contribution in [3.05, 3.63) is 48.5 Å². The summed E-state index contributed by atoms with van der Waals surface area (Å²) in [5.74, 6) is 0.141. The van der Waals surface area contributed by atoms with Gasteiger partial charge in [0.15, 0.2) is 17.0 Å². The molecule has 1 aliphatic rings. The van der Waals surface area contributed by atoms with Crippen LogP contribution in [0, 0.1) is 5.92 Å². The summed E-state index contributed by atoms with van der Waals surface area (Å²) in [5, 5.41) is 22.5. The fourth-order valence-corrected chi connectivity index (χ4v) is 3.21.